The fourth-order valence-corrected chi connectivity index (χ4v) is 1.78. The van der Waals surface area contributed by atoms with Gasteiger partial charge in [0, 0.05) is 6.04 Å². The standard InChI is InChI=1S/C10H11F2N/c11-9-4-6-1-2-8(13)3-7(6)5-10(9)12/h4-5,8H,1-3,13H2/t8-/m0/s1. The van der Waals surface area contributed by atoms with Crippen molar-refractivity contribution in [2.24, 2.45) is 5.73 Å². The smallest absolute Gasteiger partial charge is 0.159 e. The average Bonchev–Trinajstić information content (AvgIpc) is 2.08. The summed E-state index contributed by atoms with van der Waals surface area (Å²) in [6.07, 6.45) is 2.28. The normalized spacial score (nSPS) is 21.3. The van der Waals surface area contributed by atoms with Gasteiger partial charge in [-0.25, -0.2) is 8.78 Å². The van der Waals surface area contributed by atoms with Crippen LogP contribution in [0.1, 0.15) is 17.5 Å². The predicted octanol–water partition coefficient (Wildman–Crippen LogP) is 1.78. The maximum Gasteiger partial charge on any atom is 0.159 e. The van der Waals surface area contributed by atoms with E-state index in [0.717, 1.165) is 24.0 Å². The Morgan fingerprint density at radius 1 is 1.15 bits per heavy atom. The number of nitrogens with two attached hydrogens (primary N) is 1. The Bertz CT molecular complexity index is 336. The number of hydrogen-bond acceptors (Lipinski definition) is 1. The first-order chi connectivity index (χ1) is 6.16. The number of benzene rings is 1. The van der Waals surface area contributed by atoms with Crippen molar-refractivity contribution in [1.82, 2.24) is 0 Å². The van der Waals surface area contributed by atoms with Crippen LogP contribution in [0.4, 0.5) is 8.78 Å². The molecule has 1 aliphatic rings. The first-order valence-corrected chi connectivity index (χ1v) is 4.39. The van der Waals surface area contributed by atoms with Crippen molar-refractivity contribution in [3.63, 3.8) is 0 Å². The molecule has 0 spiro atoms. The van der Waals surface area contributed by atoms with Gasteiger partial charge >= 0.3 is 0 Å². The summed E-state index contributed by atoms with van der Waals surface area (Å²) in [6.45, 7) is 0. The molecule has 0 aliphatic heterocycles. The molecule has 70 valence electrons. The van der Waals surface area contributed by atoms with Gasteiger partial charge in [-0.1, -0.05) is 0 Å². The summed E-state index contributed by atoms with van der Waals surface area (Å²) in [5.41, 5.74) is 7.48. The highest BCUT2D eigenvalue weighted by molar-refractivity contribution is 5.31. The van der Waals surface area contributed by atoms with E-state index >= 15 is 0 Å². The van der Waals surface area contributed by atoms with E-state index in [4.69, 9.17) is 5.73 Å². The van der Waals surface area contributed by atoms with Gasteiger partial charge in [0.2, 0.25) is 0 Å². The fraction of sp³-hybridized carbons (Fsp3) is 0.400. The molecular formula is C10H11F2N. The van der Waals surface area contributed by atoms with Crippen LogP contribution in [-0.4, -0.2) is 6.04 Å². The highest BCUT2D eigenvalue weighted by Gasteiger charge is 2.17. The Morgan fingerprint density at radius 2 is 1.77 bits per heavy atom. The molecule has 0 bridgehead atoms. The van der Waals surface area contributed by atoms with Crippen molar-refractivity contribution in [2.75, 3.05) is 0 Å². The monoisotopic (exact) mass is 183 g/mol. The zero-order chi connectivity index (χ0) is 9.42. The fourth-order valence-electron chi connectivity index (χ4n) is 1.78. The van der Waals surface area contributed by atoms with E-state index in [0.29, 0.717) is 6.42 Å². The molecule has 0 unspecified atom stereocenters. The minimum Gasteiger partial charge on any atom is -0.327 e. The number of hydrogen-bond donors (Lipinski definition) is 1. The topological polar surface area (TPSA) is 26.0 Å². The van der Waals surface area contributed by atoms with E-state index in [1.807, 2.05) is 0 Å². The SMILES string of the molecule is N[C@H]1CCc2cc(F)c(F)cc2C1. The van der Waals surface area contributed by atoms with Crippen molar-refractivity contribution < 1.29 is 8.78 Å². The summed E-state index contributed by atoms with van der Waals surface area (Å²) in [6, 6.07) is 2.65. The van der Waals surface area contributed by atoms with Gasteiger partial charge in [0.1, 0.15) is 0 Å². The summed E-state index contributed by atoms with van der Waals surface area (Å²) < 4.78 is 25.6. The molecule has 1 nitrogen and oxygen atoms in total. The van der Waals surface area contributed by atoms with Crippen molar-refractivity contribution in [2.45, 2.75) is 25.3 Å². The van der Waals surface area contributed by atoms with Crippen LogP contribution in [0.3, 0.4) is 0 Å². The van der Waals surface area contributed by atoms with Gasteiger partial charge in [0.15, 0.2) is 11.6 Å². The van der Waals surface area contributed by atoms with Crippen molar-refractivity contribution >= 4 is 0 Å². The summed E-state index contributed by atoms with van der Waals surface area (Å²) in [7, 11) is 0. The maximum atomic E-state index is 12.8. The molecule has 0 radical (unpaired) electrons. The minimum atomic E-state index is -0.771. The second-order valence-corrected chi connectivity index (χ2v) is 3.54. The van der Waals surface area contributed by atoms with Crippen LogP contribution < -0.4 is 5.73 Å². The molecule has 1 aromatic rings. The van der Waals surface area contributed by atoms with E-state index in [1.165, 1.54) is 12.1 Å². The Hall–Kier alpha value is -0.960. The third-order valence-electron chi connectivity index (χ3n) is 2.51. The molecular weight excluding hydrogens is 172 g/mol. The minimum absolute atomic E-state index is 0.0948. The maximum absolute atomic E-state index is 12.8. The van der Waals surface area contributed by atoms with E-state index in [1.54, 1.807) is 0 Å². The van der Waals surface area contributed by atoms with Crippen LogP contribution in [0, 0.1) is 11.6 Å². The zero-order valence-corrected chi connectivity index (χ0v) is 7.19. The molecule has 2 N–H and O–H groups in total. The lowest BCUT2D eigenvalue weighted by Crippen LogP contribution is -2.28. The average molecular weight is 183 g/mol. The van der Waals surface area contributed by atoms with Gasteiger partial charge in [-0.2, -0.15) is 0 Å². The van der Waals surface area contributed by atoms with Crippen LogP contribution in [0.15, 0.2) is 12.1 Å². The molecule has 1 aromatic carbocycles. The van der Waals surface area contributed by atoms with Gasteiger partial charge in [-0.15, -0.1) is 0 Å². The van der Waals surface area contributed by atoms with Gasteiger partial charge in [0.25, 0.3) is 0 Å². The van der Waals surface area contributed by atoms with E-state index < -0.39 is 11.6 Å². The van der Waals surface area contributed by atoms with Crippen molar-refractivity contribution in [1.29, 1.82) is 0 Å². The second kappa shape index (κ2) is 3.07. The molecule has 0 saturated carbocycles. The molecule has 1 atom stereocenters. The Labute approximate surface area is 75.6 Å². The van der Waals surface area contributed by atoms with Crippen LogP contribution in [0.25, 0.3) is 0 Å². The summed E-state index contributed by atoms with van der Waals surface area (Å²) in [5.74, 6) is -1.53. The molecule has 13 heavy (non-hydrogen) atoms. The molecule has 1 aliphatic carbocycles. The third kappa shape index (κ3) is 1.56. The lowest BCUT2D eigenvalue weighted by molar-refractivity contribution is 0.496. The molecule has 0 aromatic heterocycles. The highest BCUT2D eigenvalue weighted by atomic mass is 19.2. The van der Waals surface area contributed by atoms with Crippen LogP contribution in [0.5, 0.6) is 0 Å². The number of fused-ring (bicyclic) bond motifs is 1. The molecule has 0 amide bonds. The van der Waals surface area contributed by atoms with Crippen molar-refractivity contribution in [3.05, 3.63) is 34.9 Å². The zero-order valence-electron chi connectivity index (χ0n) is 7.19. The molecule has 3 heteroatoms. The molecule has 2 rings (SSSR count). The van der Waals surface area contributed by atoms with Gasteiger partial charge in [-0.05, 0) is 42.5 Å². The van der Waals surface area contributed by atoms with Gasteiger partial charge < -0.3 is 5.73 Å². The number of halogens is 2. The van der Waals surface area contributed by atoms with Gasteiger partial charge in [-0.3, -0.25) is 0 Å². The molecule has 0 fully saturated rings. The quantitative estimate of drug-likeness (QED) is 0.652. The van der Waals surface area contributed by atoms with Crippen LogP contribution in [0.2, 0.25) is 0 Å². The summed E-state index contributed by atoms with van der Waals surface area (Å²) >= 11 is 0. The largest absolute Gasteiger partial charge is 0.327 e. The predicted molar refractivity (Wildman–Crippen MR) is 46.4 cm³/mol. The lowest BCUT2D eigenvalue weighted by Gasteiger charge is -2.21. The van der Waals surface area contributed by atoms with Crippen molar-refractivity contribution in [3.8, 4) is 0 Å². The van der Waals surface area contributed by atoms with Crippen LogP contribution in [-0.2, 0) is 12.8 Å². The third-order valence-corrected chi connectivity index (χ3v) is 2.51. The van der Waals surface area contributed by atoms with E-state index in [-0.39, 0.29) is 6.04 Å². The number of aryl methyl sites for hydroxylation is 1. The summed E-state index contributed by atoms with van der Waals surface area (Å²) in [4.78, 5) is 0. The number of rotatable bonds is 0. The molecule has 0 heterocycles. The first kappa shape index (κ1) is 8.63. The first-order valence-electron chi connectivity index (χ1n) is 4.39. The summed E-state index contributed by atoms with van der Waals surface area (Å²) in [5, 5.41) is 0. The van der Waals surface area contributed by atoms with Gasteiger partial charge in [0.05, 0.1) is 0 Å². The highest BCUT2D eigenvalue weighted by Crippen LogP contribution is 2.23. The lowest BCUT2D eigenvalue weighted by atomic mass is 9.88. The van der Waals surface area contributed by atoms with Crippen LogP contribution >= 0.6 is 0 Å². The molecule has 0 saturated heterocycles. The second-order valence-electron chi connectivity index (χ2n) is 3.54. The Kier molecular flexibility index (Phi) is 2.04. The Balaban J connectivity index is 2.43. The van der Waals surface area contributed by atoms with E-state index in [2.05, 4.69) is 0 Å². The van der Waals surface area contributed by atoms with E-state index in [9.17, 15) is 8.78 Å². The Morgan fingerprint density at radius 3 is 2.46 bits per heavy atom.